The molecule has 0 aromatic carbocycles. The number of epoxide rings is 1. The topological polar surface area (TPSA) is 21.8 Å². The van der Waals surface area contributed by atoms with Crippen molar-refractivity contribution in [2.45, 2.75) is 82.6 Å². The molecule has 1 spiro atoms. The van der Waals surface area contributed by atoms with Crippen LogP contribution in [-0.2, 0) is 9.16 Å². The van der Waals surface area contributed by atoms with E-state index in [1.807, 2.05) is 6.92 Å². The molecular weight excluding hydrogens is 259 g/mol. The molecule has 1 saturated heterocycles. The van der Waals surface area contributed by atoms with E-state index in [0.717, 1.165) is 6.42 Å². The predicted octanol–water partition coefficient (Wildman–Crippen LogP) is 4.22. The Labute approximate surface area is 117 Å². The average Bonchev–Trinajstić information content (AvgIpc) is 2.84. The summed E-state index contributed by atoms with van der Waals surface area (Å²) in [6.07, 6.45) is 0.257. The maximum Gasteiger partial charge on any atom is 0.192 e. The molecule has 0 aromatic heterocycles. The third-order valence-electron chi connectivity index (χ3n) is 5.18. The van der Waals surface area contributed by atoms with Crippen molar-refractivity contribution in [3.8, 4) is 0 Å². The van der Waals surface area contributed by atoms with Crippen molar-refractivity contribution in [2.75, 3.05) is 0 Å². The van der Waals surface area contributed by atoms with Gasteiger partial charge in [0.1, 0.15) is 11.8 Å². The summed E-state index contributed by atoms with van der Waals surface area (Å²) in [5.41, 5.74) is 0.181. The van der Waals surface area contributed by atoms with Crippen LogP contribution in [-0.4, -0.2) is 32.3 Å². The monoisotopic (exact) mass is 286 g/mol. The van der Waals surface area contributed by atoms with Gasteiger partial charge in [0.25, 0.3) is 0 Å². The van der Waals surface area contributed by atoms with E-state index in [2.05, 4.69) is 40.4 Å². The molecule has 110 valence electrons. The van der Waals surface area contributed by atoms with Crippen LogP contribution in [0.3, 0.4) is 0 Å². The molecular formula is C15H27FO2Si. The summed E-state index contributed by atoms with van der Waals surface area (Å²) in [5.74, 6) is 0. The highest BCUT2D eigenvalue weighted by Crippen LogP contribution is 2.53. The highest BCUT2D eigenvalue weighted by Gasteiger charge is 2.61. The smallest absolute Gasteiger partial charge is 0.192 e. The van der Waals surface area contributed by atoms with Gasteiger partial charge in [-0.1, -0.05) is 27.4 Å². The molecule has 0 bridgehead atoms. The molecule has 2 nitrogen and oxygen atoms in total. The molecule has 2 fully saturated rings. The van der Waals surface area contributed by atoms with Gasteiger partial charge < -0.3 is 9.16 Å². The zero-order valence-electron chi connectivity index (χ0n) is 13.0. The standard InChI is InChI=1S/C15H27FO2Si/c1-10-13(16)8-12(9-15(10)11(2)17-15)18-19(6,7)14(3,4)5/h11-13H,1,8-9H2,2-7H3. The zero-order valence-corrected chi connectivity index (χ0v) is 14.0. The summed E-state index contributed by atoms with van der Waals surface area (Å²) < 4.78 is 26.2. The van der Waals surface area contributed by atoms with E-state index in [4.69, 9.17) is 9.16 Å². The lowest BCUT2D eigenvalue weighted by molar-refractivity contribution is 0.0802. The SMILES string of the molecule is C=C1C(F)CC(O[Si](C)(C)C(C)(C)C)CC12OC2C. The summed E-state index contributed by atoms with van der Waals surface area (Å²) in [6.45, 7) is 16.9. The minimum absolute atomic E-state index is 0.0358. The molecule has 4 unspecified atom stereocenters. The van der Waals surface area contributed by atoms with Crippen LogP contribution in [0.25, 0.3) is 0 Å². The fourth-order valence-electron chi connectivity index (χ4n) is 2.71. The number of hydrogen-bond acceptors (Lipinski definition) is 2. The fraction of sp³-hybridized carbons (Fsp3) is 0.867. The first-order valence-electron chi connectivity index (χ1n) is 7.18. The Morgan fingerprint density at radius 3 is 2.37 bits per heavy atom. The lowest BCUT2D eigenvalue weighted by atomic mass is 9.80. The van der Waals surface area contributed by atoms with Crippen LogP contribution < -0.4 is 0 Å². The lowest BCUT2D eigenvalue weighted by Crippen LogP contribution is -2.48. The summed E-state index contributed by atoms with van der Waals surface area (Å²) in [4.78, 5) is 0. The summed E-state index contributed by atoms with van der Waals surface area (Å²) in [5, 5.41) is 0.149. The first kappa shape index (κ1) is 15.2. The first-order valence-corrected chi connectivity index (χ1v) is 10.1. The number of alkyl halides is 1. The molecule has 1 saturated carbocycles. The van der Waals surface area contributed by atoms with Crippen LogP contribution in [0, 0.1) is 0 Å². The molecule has 0 amide bonds. The molecule has 19 heavy (non-hydrogen) atoms. The Kier molecular flexibility index (Phi) is 3.52. The Bertz CT molecular complexity index is 388. The Balaban J connectivity index is 2.09. The number of halogens is 1. The van der Waals surface area contributed by atoms with Gasteiger partial charge >= 0.3 is 0 Å². The molecule has 1 aliphatic carbocycles. The predicted molar refractivity (Wildman–Crippen MR) is 78.6 cm³/mol. The van der Waals surface area contributed by atoms with Gasteiger partial charge in [0.05, 0.1) is 12.2 Å². The normalized spacial score (nSPS) is 39.7. The molecule has 2 rings (SSSR count). The van der Waals surface area contributed by atoms with Crippen LogP contribution in [0.15, 0.2) is 12.2 Å². The largest absolute Gasteiger partial charge is 0.414 e. The van der Waals surface area contributed by atoms with Crippen molar-refractivity contribution < 1.29 is 13.6 Å². The maximum atomic E-state index is 14.2. The highest BCUT2D eigenvalue weighted by molar-refractivity contribution is 6.74. The second-order valence-electron chi connectivity index (χ2n) is 7.58. The van der Waals surface area contributed by atoms with E-state index in [9.17, 15) is 4.39 Å². The third kappa shape index (κ3) is 2.55. The van der Waals surface area contributed by atoms with E-state index in [-0.39, 0.29) is 17.2 Å². The summed E-state index contributed by atoms with van der Waals surface area (Å²) in [6, 6.07) is 0. The second-order valence-corrected chi connectivity index (χ2v) is 12.3. The van der Waals surface area contributed by atoms with Gasteiger partial charge in [-0.2, -0.15) is 0 Å². The van der Waals surface area contributed by atoms with Gasteiger partial charge in [0, 0.05) is 12.8 Å². The third-order valence-corrected chi connectivity index (χ3v) is 9.71. The Morgan fingerprint density at radius 1 is 1.42 bits per heavy atom. The molecule has 4 atom stereocenters. The van der Waals surface area contributed by atoms with E-state index in [0.29, 0.717) is 12.0 Å². The average molecular weight is 286 g/mol. The van der Waals surface area contributed by atoms with Crippen LogP contribution in [0.5, 0.6) is 0 Å². The Morgan fingerprint density at radius 2 is 1.95 bits per heavy atom. The van der Waals surface area contributed by atoms with Crippen LogP contribution in [0.4, 0.5) is 4.39 Å². The van der Waals surface area contributed by atoms with Gasteiger partial charge in [-0.25, -0.2) is 4.39 Å². The van der Waals surface area contributed by atoms with Crippen molar-refractivity contribution in [1.29, 1.82) is 0 Å². The van der Waals surface area contributed by atoms with Crippen LogP contribution in [0.2, 0.25) is 18.1 Å². The van der Waals surface area contributed by atoms with Crippen molar-refractivity contribution in [3.05, 3.63) is 12.2 Å². The van der Waals surface area contributed by atoms with Crippen molar-refractivity contribution in [1.82, 2.24) is 0 Å². The number of hydrogen-bond donors (Lipinski definition) is 0. The summed E-state index contributed by atoms with van der Waals surface area (Å²) in [7, 11) is -1.85. The minimum atomic E-state index is -1.85. The molecule has 1 heterocycles. The lowest BCUT2D eigenvalue weighted by Gasteiger charge is -2.42. The summed E-state index contributed by atoms with van der Waals surface area (Å²) >= 11 is 0. The molecule has 0 aromatic rings. The van der Waals surface area contributed by atoms with Gasteiger partial charge in [-0.05, 0) is 30.6 Å². The first-order chi connectivity index (χ1) is 8.49. The molecule has 0 N–H and O–H groups in total. The quantitative estimate of drug-likeness (QED) is 0.430. The van der Waals surface area contributed by atoms with E-state index < -0.39 is 20.1 Å². The second kappa shape index (κ2) is 4.40. The highest BCUT2D eigenvalue weighted by atomic mass is 28.4. The minimum Gasteiger partial charge on any atom is -0.414 e. The number of ether oxygens (including phenoxy) is 1. The molecule has 1 aliphatic heterocycles. The van der Waals surface area contributed by atoms with Crippen LogP contribution in [0.1, 0.15) is 40.5 Å². The van der Waals surface area contributed by atoms with Crippen molar-refractivity contribution >= 4 is 8.32 Å². The molecule has 2 aliphatic rings. The van der Waals surface area contributed by atoms with Crippen LogP contribution >= 0.6 is 0 Å². The van der Waals surface area contributed by atoms with Gasteiger partial charge in [-0.15, -0.1) is 0 Å². The van der Waals surface area contributed by atoms with Crippen molar-refractivity contribution in [3.63, 3.8) is 0 Å². The van der Waals surface area contributed by atoms with Crippen molar-refractivity contribution in [2.24, 2.45) is 0 Å². The van der Waals surface area contributed by atoms with E-state index in [1.54, 1.807) is 0 Å². The molecule has 4 heteroatoms. The fourth-order valence-corrected chi connectivity index (χ4v) is 4.07. The maximum absolute atomic E-state index is 14.2. The zero-order chi connectivity index (χ0) is 14.6. The molecule has 0 radical (unpaired) electrons. The van der Waals surface area contributed by atoms with Gasteiger partial charge in [0.2, 0.25) is 0 Å². The van der Waals surface area contributed by atoms with Gasteiger partial charge in [-0.3, -0.25) is 0 Å². The van der Waals surface area contributed by atoms with E-state index >= 15 is 0 Å². The van der Waals surface area contributed by atoms with E-state index in [1.165, 1.54) is 0 Å². The Hall–Kier alpha value is -0.193. The number of rotatable bonds is 2. The van der Waals surface area contributed by atoms with Gasteiger partial charge in [0.15, 0.2) is 8.32 Å².